The molecule has 27 heavy (non-hydrogen) atoms. The zero-order valence-electron chi connectivity index (χ0n) is 20.1. The number of hydrogen-bond donors (Lipinski definition) is 1. The minimum atomic E-state index is 0. The maximum Gasteiger partial charge on any atom is 1.00 e. The number of unbranched alkanes of at least 4 members (excludes halogenated alkanes) is 2. The van der Waals surface area contributed by atoms with Crippen LogP contribution in [0.4, 0.5) is 0 Å². The van der Waals surface area contributed by atoms with Crippen LogP contribution in [-0.4, -0.2) is 26.2 Å². The Hall–Kier alpha value is 2.44. The number of rotatable bonds is 2. The van der Waals surface area contributed by atoms with Gasteiger partial charge < -0.3 is 40.1 Å². The van der Waals surface area contributed by atoms with Gasteiger partial charge >= 0.3 is 56.6 Å². The molecule has 2 aliphatic rings. The average Bonchev–Trinajstić information content (AvgIpc) is 3.14. The van der Waals surface area contributed by atoms with E-state index in [9.17, 15) is 0 Å². The van der Waals surface area contributed by atoms with Crippen molar-refractivity contribution in [1.29, 1.82) is 0 Å². The van der Waals surface area contributed by atoms with Gasteiger partial charge in [-0.25, -0.2) is 0 Å². The molecule has 0 aromatic rings. The van der Waals surface area contributed by atoms with Gasteiger partial charge in [-0.15, -0.1) is 13.1 Å². The number of halogens is 1. The Morgan fingerprint density at radius 3 is 1.30 bits per heavy atom. The van der Waals surface area contributed by atoms with E-state index in [1.165, 1.54) is 83.7 Å². The van der Waals surface area contributed by atoms with E-state index in [0.717, 1.165) is 19.5 Å². The van der Waals surface area contributed by atoms with Crippen molar-refractivity contribution in [2.45, 2.75) is 97.8 Å². The molecule has 0 atom stereocenters. The van der Waals surface area contributed by atoms with Gasteiger partial charge in [0.25, 0.3) is 0 Å². The third-order valence-corrected chi connectivity index (χ3v) is 3.69. The van der Waals surface area contributed by atoms with Gasteiger partial charge in [-0.3, -0.25) is 4.93 Å². The third-order valence-electron chi connectivity index (χ3n) is 3.69. The van der Waals surface area contributed by atoms with Crippen LogP contribution < -0.4 is 61.9 Å². The Labute approximate surface area is 223 Å². The maximum atomic E-state index is 4.27. The first kappa shape index (κ1) is 43.3. The summed E-state index contributed by atoms with van der Waals surface area (Å²) in [6, 6.07) is 0. The number of nitrogens with one attached hydrogen (secondary N) is 1. The van der Waals surface area contributed by atoms with Crippen molar-refractivity contribution in [2.24, 2.45) is 0 Å². The molecule has 1 N–H and O–H groups in total. The first-order valence-corrected chi connectivity index (χ1v) is 11.8. The quantitative estimate of drug-likeness (QED) is 0.302. The fraction of sp³-hybridized carbons (Fsp3) is 0.905. The van der Waals surface area contributed by atoms with Crippen LogP contribution in [0.5, 0.6) is 0 Å². The molecule has 0 spiro atoms. The molecule has 0 aromatic carbocycles. The topological polar surface area (TPSA) is 26.1 Å². The summed E-state index contributed by atoms with van der Waals surface area (Å²) in [4.78, 5) is 3.22. The second kappa shape index (κ2) is 51.3. The monoisotopic (exact) mass is 474 g/mol. The summed E-state index contributed by atoms with van der Waals surface area (Å²) in [7, 11) is 0. The predicted octanol–water partition coefficient (Wildman–Crippen LogP) is -1.26. The van der Waals surface area contributed by atoms with Crippen molar-refractivity contribution in [3.05, 3.63) is 17.2 Å². The summed E-state index contributed by atoms with van der Waals surface area (Å²) in [6.45, 7) is 14.8. The molecular weight excluding hydrogens is 428 g/mol. The fourth-order valence-corrected chi connectivity index (χ4v) is 1.89. The third kappa shape index (κ3) is 58.5. The van der Waals surface area contributed by atoms with E-state index in [-0.39, 0.29) is 56.6 Å². The Morgan fingerprint density at radius 1 is 0.667 bits per heavy atom. The van der Waals surface area contributed by atoms with Crippen LogP contribution in [0.15, 0.2) is 0 Å². The van der Waals surface area contributed by atoms with Crippen LogP contribution in [0.3, 0.4) is 0 Å². The number of nitrogens with zero attached hydrogens (tertiary/aromatic N) is 1. The molecule has 0 aromatic heterocycles. The van der Waals surface area contributed by atoms with Crippen LogP contribution in [0.25, 0.3) is 5.32 Å². The Bertz CT molecular complexity index is 118. The van der Waals surface area contributed by atoms with Crippen LogP contribution in [0, 0.1) is 11.9 Å². The van der Waals surface area contributed by atoms with Gasteiger partial charge in [-0.1, -0.05) is 78.6 Å². The molecule has 6 heteroatoms. The Balaban J connectivity index is -0.0000000525. The molecule has 0 radical (unpaired) electrons. The average molecular weight is 474 g/mol. The summed E-state index contributed by atoms with van der Waals surface area (Å²) >= 11 is 1.90. The first-order valence-electron chi connectivity index (χ1n) is 10.2. The zero-order chi connectivity index (χ0) is 18.7. The van der Waals surface area contributed by atoms with E-state index >= 15 is 0 Å². The number of hydrogen-bond acceptors (Lipinski definition) is 1. The van der Waals surface area contributed by atoms with E-state index in [2.05, 4.69) is 43.3 Å². The zero-order valence-corrected chi connectivity index (χ0v) is 22.2. The minimum Gasteiger partial charge on any atom is -0.662 e. The minimum absolute atomic E-state index is 0. The van der Waals surface area contributed by atoms with Crippen molar-refractivity contribution in [3.63, 3.8) is 0 Å². The van der Waals surface area contributed by atoms with Crippen molar-refractivity contribution < 1.29 is 56.6 Å². The maximum absolute atomic E-state index is 4.27. The molecule has 0 aliphatic carbocycles. The molecule has 2 rings (SSSR count). The SMILES string of the molecule is C1CCCNCC1.C1CCC[N-]CC1.CCCC.[CH2-]CCC.[CH2-]I.[Li+].[Li+].[Li+]. The van der Waals surface area contributed by atoms with Gasteiger partial charge in [-0.05, 0) is 25.9 Å². The van der Waals surface area contributed by atoms with Crippen molar-refractivity contribution in [3.8, 4) is 0 Å². The fourth-order valence-electron chi connectivity index (χ4n) is 1.89. The molecular formula is C21H46ILi3N2. The largest absolute Gasteiger partial charge is 1.00 e. The smallest absolute Gasteiger partial charge is 0.662 e. The second-order valence-corrected chi connectivity index (χ2v) is 6.10. The van der Waals surface area contributed by atoms with E-state index in [1.54, 1.807) is 0 Å². The molecule has 2 heterocycles. The first-order chi connectivity index (χ1) is 11.8. The van der Waals surface area contributed by atoms with Gasteiger partial charge in [0.1, 0.15) is 0 Å². The second-order valence-electron chi connectivity index (χ2n) is 6.10. The van der Waals surface area contributed by atoms with Crippen LogP contribution in [0.2, 0.25) is 0 Å². The van der Waals surface area contributed by atoms with Gasteiger partial charge in [0.05, 0.1) is 0 Å². The molecule has 0 amide bonds. The van der Waals surface area contributed by atoms with Crippen LogP contribution in [-0.2, 0) is 0 Å². The normalized spacial score (nSPS) is 14.9. The van der Waals surface area contributed by atoms with Gasteiger partial charge in [-0.2, -0.15) is 6.42 Å². The molecule has 2 saturated heterocycles. The Kier molecular flexibility index (Phi) is 82.3. The van der Waals surface area contributed by atoms with E-state index in [4.69, 9.17) is 0 Å². The summed E-state index contributed by atoms with van der Waals surface area (Å²) < 4.78 is 0. The molecule has 0 unspecified atom stereocenters. The van der Waals surface area contributed by atoms with Crippen LogP contribution in [0.1, 0.15) is 97.8 Å². The predicted molar refractivity (Wildman–Crippen MR) is 123 cm³/mol. The summed E-state index contributed by atoms with van der Waals surface area (Å²) in [5.74, 6) is 0. The van der Waals surface area contributed by atoms with Gasteiger partial charge in [0, 0.05) is 0 Å². The molecule has 0 bridgehead atoms. The van der Waals surface area contributed by atoms with E-state index in [0.29, 0.717) is 0 Å². The summed E-state index contributed by atoms with van der Waals surface area (Å²) in [6.07, 6.45) is 16.0. The molecule has 2 nitrogen and oxygen atoms in total. The molecule has 0 saturated carbocycles. The van der Waals surface area contributed by atoms with Crippen molar-refractivity contribution in [1.82, 2.24) is 5.32 Å². The van der Waals surface area contributed by atoms with E-state index in [1.807, 2.05) is 22.6 Å². The van der Waals surface area contributed by atoms with Gasteiger partial charge in [0.2, 0.25) is 0 Å². The van der Waals surface area contributed by atoms with Crippen LogP contribution >= 0.6 is 22.6 Å². The standard InChI is InChI=1S/C6H13N.C6H12N.C4H10.C4H9.CH2I.3Li/c2*1-2-4-6-7-5-3-1;2*1-3-4-2;1-2;;;/h7H,1-6H2;1-6H2;3-4H2,1-2H3;1,3-4H2,2H3;1H2;;;/q;-1;;2*-1;3*+1. The van der Waals surface area contributed by atoms with E-state index < -0.39 is 0 Å². The van der Waals surface area contributed by atoms with Gasteiger partial charge in [0.15, 0.2) is 0 Å². The van der Waals surface area contributed by atoms with Crippen molar-refractivity contribution in [2.75, 3.05) is 26.2 Å². The summed E-state index contributed by atoms with van der Waals surface area (Å²) in [5.41, 5.74) is 0. The Morgan fingerprint density at radius 2 is 1.00 bits per heavy atom. The molecule has 2 aliphatic heterocycles. The van der Waals surface area contributed by atoms with Crippen molar-refractivity contribution >= 4 is 22.6 Å². The molecule has 2 fully saturated rings. The summed E-state index contributed by atoms with van der Waals surface area (Å²) in [5, 5.41) is 7.62. The molecule has 150 valence electrons.